The molecule has 0 saturated carbocycles. The second kappa shape index (κ2) is 6.18. The van der Waals surface area contributed by atoms with Gasteiger partial charge in [0.25, 0.3) is 0 Å². The highest BCUT2D eigenvalue weighted by atomic mass is 33.1. The molecule has 84 valence electrons. The van der Waals surface area contributed by atoms with Gasteiger partial charge >= 0.3 is 0 Å². The molecular weight excluding hydrogens is 228 g/mol. The molecule has 0 heterocycles. The first-order chi connectivity index (χ1) is 7.14. The summed E-state index contributed by atoms with van der Waals surface area (Å²) in [4.78, 5) is 0. The molecule has 0 aliphatic rings. The van der Waals surface area contributed by atoms with Crippen molar-refractivity contribution in [2.24, 2.45) is 0 Å². The summed E-state index contributed by atoms with van der Waals surface area (Å²) in [5, 5.41) is 0. The van der Waals surface area contributed by atoms with E-state index in [0.717, 1.165) is 29.2 Å². The molecule has 0 aliphatic heterocycles. The largest absolute Gasteiger partial charge is 0.217 e. The van der Waals surface area contributed by atoms with Gasteiger partial charge in [-0.3, -0.25) is 0 Å². The molecular formula is C11H16O2S2. The SMILES string of the molecule is CCCCS(=O)(=O)SCc1ccccc1. The van der Waals surface area contributed by atoms with Gasteiger partial charge in [-0.05, 0) is 22.8 Å². The quantitative estimate of drug-likeness (QED) is 0.721. The van der Waals surface area contributed by atoms with Crippen LogP contribution < -0.4 is 0 Å². The van der Waals surface area contributed by atoms with Gasteiger partial charge in [-0.25, -0.2) is 8.42 Å². The van der Waals surface area contributed by atoms with Crippen molar-refractivity contribution in [1.29, 1.82) is 0 Å². The maximum absolute atomic E-state index is 11.5. The number of unbranched alkanes of at least 4 members (excludes halogenated alkanes) is 1. The lowest BCUT2D eigenvalue weighted by Gasteiger charge is -2.02. The van der Waals surface area contributed by atoms with Gasteiger partial charge in [-0.2, -0.15) is 0 Å². The van der Waals surface area contributed by atoms with Crippen LogP contribution in [0.2, 0.25) is 0 Å². The predicted molar refractivity (Wildman–Crippen MR) is 66.4 cm³/mol. The molecule has 0 saturated heterocycles. The van der Waals surface area contributed by atoms with Crippen LogP contribution in [-0.2, 0) is 14.6 Å². The molecule has 15 heavy (non-hydrogen) atoms. The van der Waals surface area contributed by atoms with Crippen molar-refractivity contribution in [1.82, 2.24) is 0 Å². The number of hydrogen-bond acceptors (Lipinski definition) is 3. The zero-order chi connectivity index (χ0) is 11.1. The van der Waals surface area contributed by atoms with E-state index in [9.17, 15) is 8.42 Å². The summed E-state index contributed by atoms with van der Waals surface area (Å²) in [7, 11) is -1.88. The molecule has 0 radical (unpaired) electrons. The second-order valence-corrected chi connectivity index (χ2v) is 7.64. The van der Waals surface area contributed by atoms with E-state index < -0.39 is 8.87 Å². The number of benzene rings is 1. The molecule has 0 fully saturated rings. The van der Waals surface area contributed by atoms with E-state index in [1.807, 2.05) is 37.3 Å². The molecule has 1 rings (SSSR count). The van der Waals surface area contributed by atoms with E-state index in [0.29, 0.717) is 11.5 Å². The lowest BCUT2D eigenvalue weighted by atomic mass is 10.2. The van der Waals surface area contributed by atoms with Crippen LogP contribution in [0.15, 0.2) is 30.3 Å². The zero-order valence-electron chi connectivity index (χ0n) is 8.85. The summed E-state index contributed by atoms with van der Waals surface area (Å²) in [6.45, 7) is 2.00. The van der Waals surface area contributed by atoms with E-state index in [1.54, 1.807) is 0 Å². The minimum absolute atomic E-state index is 0.293. The van der Waals surface area contributed by atoms with Crippen LogP contribution in [0.3, 0.4) is 0 Å². The fourth-order valence-electron chi connectivity index (χ4n) is 1.11. The highest BCUT2D eigenvalue weighted by Crippen LogP contribution is 2.20. The van der Waals surface area contributed by atoms with E-state index in [4.69, 9.17) is 0 Å². The van der Waals surface area contributed by atoms with E-state index in [1.165, 1.54) is 0 Å². The first-order valence-corrected chi connectivity index (χ1v) is 8.20. The summed E-state index contributed by atoms with van der Waals surface area (Å²) in [6, 6.07) is 9.67. The molecule has 0 bridgehead atoms. The maximum atomic E-state index is 11.5. The Bertz CT molecular complexity index is 371. The minimum atomic E-state index is -2.93. The lowest BCUT2D eigenvalue weighted by Crippen LogP contribution is -2.00. The molecule has 0 amide bonds. The van der Waals surface area contributed by atoms with Gasteiger partial charge in [0.15, 0.2) is 0 Å². The third kappa shape index (κ3) is 5.23. The van der Waals surface area contributed by atoms with Crippen LogP contribution >= 0.6 is 10.8 Å². The standard InChI is InChI=1S/C11H16O2S2/c1-2-3-9-15(12,13)14-10-11-7-5-4-6-8-11/h4-8H,2-3,9-10H2,1H3. The topological polar surface area (TPSA) is 34.1 Å². The fraction of sp³-hybridized carbons (Fsp3) is 0.455. The first kappa shape index (κ1) is 12.6. The monoisotopic (exact) mass is 244 g/mol. The molecule has 0 aromatic heterocycles. The van der Waals surface area contributed by atoms with Crippen molar-refractivity contribution in [3.05, 3.63) is 35.9 Å². The van der Waals surface area contributed by atoms with Crippen LogP contribution in [0.1, 0.15) is 25.3 Å². The first-order valence-electron chi connectivity index (χ1n) is 5.05. The Labute approximate surface area is 95.4 Å². The Morgan fingerprint density at radius 3 is 2.47 bits per heavy atom. The Hall–Kier alpha value is -0.480. The van der Waals surface area contributed by atoms with E-state index in [2.05, 4.69) is 0 Å². The molecule has 0 aliphatic carbocycles. The molecule has 1 aromatic carbocycles. The molecule has 0 atom stereocenters. The van der Waals surface area contributed by atoms with Crippen LogP contribution in [-0.4, -0.2) is 14.2 Å². The highest BCUT2D eigenvalue weighted by molar-refractivity contribution is 8.71. The molecule has 4 heteroatoms. The third-order valence-electron chi connectivity index (χ3n) is 2.00. The molecule has 0 N–H and O–H groups in total. The van der Waals surface area contributed by atoms with Crippen molar-refractivity contribution in [2.45, 2.75) is 25.5 Å². The normalized spacial score (nSPS) is 11.5. The molecule has 1 aromatic rings. The van der Waals surface area contributed by atoms with Gasteiger partial charge in [0.1, 0.15) is 0 Å². The Morgan fingerprint density at radius 2 is 1.87 bits per heavy atom. The second-order valence-electron chi connectivity index (χ2n) is 3.36. The van der Waals surface area contributed by atoms with Gasteiger partial charge in [-0.15, -0.1) is 0 Å². The number of hydrogen-bond donors (Lipinski definition) is 0. The average Bonchev–Trinajstić information content (AvgIpc) is 2.25. The van der Waals surface area contributed by atoms with Gasteiger partial charge in [0.2, 0.25) is 8.87 Å². The van der Waals surface area contributed by atoms with Gasteiger partial charge in [0.05, 0.1) is 5.75 Å². The molecule has 2 nitrogen and oxygen atoms in total. The van der Waals surface area contributed by atoms with Crippen LogP contribution in [0.25, 0.3) is 0 Å². The van der Waals surface area contributed by atoms with Crippen molar-refractivity contribution in [3.63, 3.8) is 0 Å². The van der Waals surface area contributed by atoms with E-state index >= 15 is 0 Å². The van der Waals surface area contributed by atoms with Crippen LogP contribution in [0.5, 0.6) is 0 Å². The number of rotatable bonds is 6. The van der Waals surface area contributed by atoms with Crippen molar-refractivity contribution < 1.29 is 8.42 Å². The lowest BCUT2D eigenvalue weighted by molar-refractivity contribution is 0.607. The van der Waals surface area contributed by atoms with Crippen LogP contribution in [0, 0.1) is 0 Å². The zero-order valence-corrected chi connectivity index (χ0v) is 10.5. The maximum Gasteiger partial charge on any atom is 0.201 e. The van der Waals surface area contributed by atoms with Crippen molar-refractivity contribution >= 4 is 19.7 Å². The fourth-order valence-corrected chi connectivity index (χ4v) is 4.03. The smallest absolute Gasteiger partial charge is 0.201 e. The van der Waals surface area contributed by atoms with E-state index in [-0.39, 0.29) is 0 Å². The summed E-state index contributed by atoms with van der Waals surface area (Å²) < 4.78 is 23.1. The van der Waals surface area contributed by atoms with Gasteiger partial charge in [0, 0.05) is 5.75 Å². The summed E-state index contributed by atoms with van der Waals surface area (Å²) in [5.41, 5.74) is 1.06. The summed E-state index contributed by atoms with van der Waals surface area (Å²) in [6.07, 6.45) is 1.68. The van der Waals surface area contributed by atoms with Crippen molar-refractivity contribution in [2.75, 3.05) is 5.75 Å². The molecule has 0 unspecified atom stereocenters. The summed E-state index contributed by atoms with van der Waals surface area (Å²) in [5.74, 6) is 0.841. The molecule has 0 spiro atoms. The van der Waals surface area contributed by atoms with Gasteiger partial charge < -0.3 is 0 Å². The van der Waals surface area contributed by atoms with Crippen molar-refractivity contribution in [3.8, 4) is 0 Å². The highest BCUT2D eigenvalue weighted by Gasteiger charge is 2.10. The minimum Gasteiger partial charge on any atom is -0.217 e. The predicted octanol–water partition coefficient (Wildman–Crippen LogP) is 3.05. The average molecular weight is 244 g/mol. The Kier molecular flexibility index (Phi) is 5.19. The summed E-state index contributed by atoms with van der Waals surface area (Å²) >= 11 is 0. The van der Waals surface area contributed by atoms with Crippen LogP contribution in [0.4, 0.5) is 0 Å². The van der Waals surface area contributed by atoms with Gasteiger partial charge in [-0.1, -0.05) is 43.7 Å². The third-order valence-corrected chi connectivity index (χ3v) is 5.53. The Morgan fingerprint density at radius 1 is 1.20 bits per heavy atom. The Balaban J connectivity index is 2.43.